The third-order valence-electron chi connectivity index (χ3n) is 4.64. The molecule has 1 fully saturated rings. The quantitative estimate of drug-likeness (QED) is 0.884. The molecule has 2 N–H and O–H groups in total. The number of halogens is 1. The molecule has 23 heavy (non-hydrogen) atoms. The number of fused-ring (bicyclic) bond motifs is 1. The topological polar surface area (TPSA) is 61.4 Å². The Morgan fingerprint density at radius 1 is 1.35 bits per heavy atom. The second kappa shape index (κ2) is 7.79. The van der Waals surface area contributed by atoms with Gasteiger partial charge in [0, 0.05) is 43.7 Å². The van der Waals surface area contributed by atoms with Gasteiger partial charge >= 0.3 is 0 Å². The van der Waals surface area contributed by atoms with Crippen LogP contribution in [0.5, 0.6) is 0 Å². The standard InChI is InChI=1S/C17H23N3O2.ClH/c1-12-11-18-8-9-20(12)16(21)7-6-14-10-13-4-2-3-5-15(13)19-17(14)22;/h2-5,12,14,18H,6-11H2,1H3,(H,19,22);1H. The SMILES string of the molecule is CC1CNCCN1C(=O)CCC1Cc2ccccc2NC1=O.Cl. The molecule has 126 valence electrons. The fourth-order valence-corrected chi connectivity index (χ4v) is 3.30. The maximum atomic E-state index is 12.4. The van der Waals surface area contributed by atoms with Gasteiger partial charge in [0.25, 0.3) is 0 Å². The summed E-state index contributed by atoms with van der Waals surface area (Å²) in [6.45, 7) is 4.53. The number of para-hydroxylation sites is 1. The zero-order chi connectivity index (χ0) is 15.5. The van der Waals surface area contributed by atoms with Gasteiger partial charge in [-0.15, -0.1) is 12.4 Å². The van der Waals surface area contributed by atoms with E-state index < -0.39 is 0 Å². The van der Waals surface area contributed by atoms with E-state index in [0.29, 0.717) is 12.8 Å². The van der Waals surface area contributed by atoms with Crippen molar-refractivity contribution in [1.82, 2.24) is 10.2 Å². The van der Waals surface area contributed by atoms with Gasteiger partial charge in [-0.3, -0.25) is 9.59 Å². The number of benzene rings is 1. The van der Waals surface area contributed by atoms with Crippen LogP contribution >= 0.6 is 12.4 Å². The van der Waals surface area contributed by atoms with Crippen LogP contribution in [-0.4, -0.2) is 42.4 Å². The molecule has 2 aliphatic heterocycles. The molecular formula is C17H24ClN3O2. The second-order valence-electron chi connectivity index (χ2n) is 6.23. The van der Waals surface area contributed by atoms with E-state index in [-0.39, 0.29) is 36.2 Å². The molecule has 0 aromatic heterocycles. The molecular weight excluding hydrogens is 314 g/mol. The monoisotopic (exact) mass is 337 g/mol. The van der Waals surface area contributed by atoms with Crippen molar-refractivity contribution < 1.29 is 9.59 Å². The number of nitrogens with one attached hydrogen (secondary N) is 2. The number of rotatable bonds is 3. The van der Waals surface area contributed by atoms with Crippen molar-refractivity contribution in [2.45, 2.75) is 32.2 Å². The molecule has 2 atom stereocenters. The average Bonchev–Trinajstić information content (AvgIpc) is 2.53. The molecule has 0 bridgehead atoms. The van der Waals surface area contributed by atoms with Crippen LogP contribution in [0.4, 0.5) is 5.69 Å². The van der Waals surface area contributed by atoms with Gasteiger partial charge in [0.2, 0.25) is 11.8 Å². The molecule has 0 aliphatic carbocycles. The number of hydrogen-bond donors (Lipinski definition) is 2. The van der Waals surface area contributed by atoms with Gasteiger partial charge < -0.3 is 15.5 Å². The number of piperazine rings is 1. The van der Waals surface area contributed by atoms with Crippen LogP contribution in [0.25, 0.3) is 0 Å². The molecule has 0 saturated carbocycles. The zero-order valence-corrected chi connectivity index (χ0v) is 14.2. The molecule has 0 spiro atoms. The summed E-state index contributed by atoms with van der Waals surface area (Å²) in [5.41, 5.74) is 2.07. The van der Waals surface area contributed by atoms with E-state index in [1.54, 1.807) is 0 Å². The van der Waals surface area contributed by atoms with Gasteiger partial charge in [-0.2, -0.15) is 0 Å². The summed E-state index contributed by atoms with van der Waals surface area (Å²) in [6, 6.07) is 8.12. The summed E-state index contributed by atoms with van der Waals surface area (Å²) in [5.74, 6) is 0.109. The predicted octanol–water partition coefficient (Wildman–Crippen LogP) is 1.82. The van der Waals surface area contributed by atoms with Crippen LogP contribution in [0, 0.1) is 5.92 Å². The van der Waals surface area contributed by atoms with Gasteiger partial charge in [-0.05, 0) is 31.4 Å². The number of nitrogens with zero attached hydrogens (tertiary/aromatic N) is 1. The first kappa shape index (κ1) is 17.8. The summed E-state index contributed by atoms with van der Waals surface area (Å²) in [7, 11) is 0. The maximum absolute atomic E-state index is 12.4. The van der Waals surface area contributed by atoms with E-state index in [2.05, 4.69) is 17.6 Å². The highest BCUT2D eigenvalue weighted by atomic mass is 35.5. The lowest BCUT2D eigenvalue weighted by Gasteiger charge is -2.34. The number of anilines is 1. The normalized spacial score (nSPS) is 23.5. The largest absolute Gasteiger partial charge is 0.337 e. The molecule has 2 unspecified atom stereocenters. The summed E-state index contributed by atoms with van der Waals surface area (Å²) in [4.78, 5) is 26.5. The summed E-state index contributed by atoms with van der Waals surface area (Å²) >= 11 is 0. The van der Waals surface area contributed by atoms with Crippen LogP contribution in [0.3, 0.4) is 0 Å². The maximum Gasteiger partial charge on any atom is 0.227 e. The van der Waals surface area contributed by atoms with Gasteiger partial charge in [-0.1, -0.05) is 18.2 Å². The lowest BCUT2D eigenvalue weighted by atomic mass is 9.89. The van der Waals surface area contributed by atoms with Gasteiger partial charge in [0.1, 0.15) is 0 Å². The lowest BCUT2D eigenvalue weighted by Crippen LogP contribution is -2.52. The molecule has 0 radical (unpaired) electrons. The smallest absolute Gasteiger partial charge is 0.227 e. The van der Waals surface area contributed by atoms with Gasteiger partial charge in [0.15, 0.2) is 0 Å². The summed E-state index contributed by atoms with van der Waals surface area (Å²) in [6.07, 6.45) is 1.80. The molecule has 2 amide bonds. The molecule has 2 aliphatic rings. The predicted molar refractivity (Wildman–Crippen MR) is 92.8 cm³/mol. The minimum atomic E-state index is -0.0999. The Kier molecular flexibility index (Phi) is 6.02. The Balaban J connectivity index is 0.00000192. The first-order valence-electron chi connectivity index (χ1n) is 8.04. The van der Waals surface area contributed by atoms with Gasteiger partial charge in [0.05, 0.1) is 0 Å². The van der Waals surface area contributed by atoms with E-state index in [1.807, 2.05) is 29.2 Å². The number of carbonyl (C=O) groups excluding carboxylic acids is 2. The van der Waals surface area contributed by atoms with E-state index in [0.717, 1.165) is 37.3 Å². The van der Waals surface area contributed by atoms with Crippen molar-refractivity contribution in [2.24, 2.45) is 5.92 Å². The highest BCUT2D eigenvalue weighted by Crippen LogP contribution is 2.27. The van der Waals surface area contributed by atoms with Gasteiger partial charge in [-0.25, -0.2) is 0 Å². The molecule has 2 heterocycles. The minimum Gasteiger partial charge on any atom is -0.337 e. The van der Waals surface area contributed by atoms with Crippen molar-refractivity contribution in [3.05, 3.63) is 29.8 Å². The average molecular weight is 338 g/mol. The van der Waals surface area contributed by atoms with Crippen LogP contribution in [0.15, 0.2) is 24.3 Å². The van der Waals surface area contributed by atoms with Crippen molar-refractivity contribution in [2.75, 3.05) is 25.0 Å². The number of hydrogen-bond acceptors (Lipinski definition) is 3. The van der Waals surface area contributed by atoms with Crippen molar-refractivity contribution in [3.8, 4) is 0 Å². The first-order chi connectivity index (χ1) is 10.6. The number of amides is 2. The van der Waals surface area contributed by atoms with Crippen LogP contribution in [0.2, 0.25) is 0 Å². The summed E-state index contributed by atoms with van der Waals surface area (Å²) in [5, 5.41) is 6.23. The highest BCUT2D eigenvalue weighted by Gasteiger charge is 2.28. The van der Waals surface area contributed by atoms with Crippen LogP contribution < -0.4 is 10.6 Å². The van der Waals surface area contributed by atoms with Crippen LogP contribution in [-0.2, 0) is 16.0 Å². The molecule has 5 nitrogen and oxygen atoms in total. The molecule has 1 aromatic carbocycles. The Labute approximate surface area is 143 Å². The third-order valence-corrected chi connectivity index (χ3v) is 4.64. The molecule has 1 saturated heterocycles. The lowest BCUT2D eigenvalue weighted by molar-refractivity contribution is -0.134. The van der Waals surface area contributed by atoms with Crippen molar-refractivity contribution in [3.63, 3.8) is 0 Å². The Morgan fingerprint density at radius 3 is 2.91 bits per heavy atom. The Morgan fingerprint density at radius 2 is 2.13 bits per heavy atom. The highest BCUT2D eigenvalue weighted by molar-refractivity contribution is 5.96. The Bertz CT molecular complexity index is 579. The van der Waals surface area contributed by atoms with E-state index in [4.69, 9.17) is 0 Å². The molecule has 3 rings (SSSR count). The minimum absolute atomic E-state index is 0. The number of carbonyl (C=O) groups is 2. The van der Waals surface area contributed by atoms with Crippen molar-refractivity contribution >= 4 is 29.9 Å². The fourth-order valence-electron chi connectivity index (χ4n) is 3.30. The van der Waals surface area contributed by atoms with Crippen molar-refractivity contribution in [1.29, 1.82) is 0 Å². The van der Waals surface area contributed by atoms with E-state index >= 15 is 0 Å². The molecule has 6 heteroatoms. The zero-order valence-electron chi connectivity index (χ0n) is 13.4. The first-order valence-corrected chi connectivity index (χ1v) is 8.04. The van der Waals surface area contributed by atoms with E-state index in [1.165, 1.54) is 0 Å². The van der Waals surface area contributed by atoms with E-state index in [9.17, 15) is 9.59 Å². The molecule has 1 aromatic rings. The fraction of sp³-hybridized carbons (Fsp3) is 0.529. The third kappa shape index (κ3) is 4.03. The van der Waals surface area contributed by atoms with Crippen LogP contribution in [0.1, 0.15) is 25.3 Å². The second-order valence-corrected chi connectivity index (χ2v) is 6.23. The summed E-state index contributed by atoms with van der Waals surface area (Å²) < 4.78 is 0. The Hall–Kier alpha value is -1.59.